The monoisotopic (exact) mass is 325 g/mol. The van der Waals surface area contributed by atoms with Crippen LogP contribution < -0.4 is 5.32 Å². The number of piperazine rings is 1. The van der Waals surface area contributed by atoms with E-state index in [1.165, 1.54) is 35.3 Å². The quantitative estimate of drug-likeness (QED) is 0.823. The number of sulfonamides is 1. The number of likely N-dealkylation sites (N-methyl/N-ethyl adjacent to an activating group) is 1. The minimum Gasteiger partial charge on any atom is -0.357 e. The van der Waals surface area contributed by atoms with Crippen LogP contribution in [0.4, 0.5) is 0 Å². The summed E-state index contributed by atoms with van der Waals surface area (Å²) in [5, 5.41) is 2.48. The zero-order chi connectivity index (χ0) is 16.3. The number of rotatable bonds is 3. The first-order valence-corrected chi connectivity index (χ1v) is 8.36. The van der Waals surface area contributed by atoms with Gasteiger partial charge in [0.1, 0.15) is 6.04 Å². The highest BCUT2D eigenvalue weighted by molar-refractivity contribution is 7.89. The second-order valence-electron chi connectivity index (χ2n) is 5.02. The zero-order valence-corrected chi connectivity index (χ0v) is 13.3. The van der Waals surface area contributed by atoms with E-state index in [-0.39, 0.29) is 36.3 Å². The average Bonchev–Trinajstić information content (AvgIpc) is 2.54. The van der Waals surface area contributed by atoms with E-state index in [0.717, 1.165) is 0 Å². The summed E-state index contributed by atoms with van der Waals surface area (Å²) in [5.41, 5.74) is 0. The molecule has 1 aliphatic heterocycles. The van der Waals surface area contributed by atoms with Gasteiger partial charge in [-0.1, -0.05) is 18.2 Å². The molecule has 0 radical (unpaired) electrons. The van der Waals surface area contributed by atoms with Crippen molar-refractivity contribution < 1.29 is 18.0 Å². The molecule has 1 aromatic rings. The maximum atomic E-state index is 12.6. The standard InChI is InChI=1S/C14H19N3O4S/c1-11(18)17-9-8-16(10-13(17)14(19)15-2)22(20,21)12-6-4-3-5-7-12/h3-7,13H,8-10H2,1-2H3,(H,15,19). The molecule has 0 aliphatic carbocycles. The molecule has 1 saturated heterocycles. The molecule has 1 aromatic carbocycles. The maximum Gasteiger partial charge on any atom is 0.243 e. The summed E-state index contributed by atoms with van der Waals surface area (Å²) >= 11 is 0. The first kappa shape index (κ1) is 16.4. The summed E-state index contributed by atoms with van der Waals surface area (Å²) in [6.45, 7) is 1.69. The molecule has 2 rings (SSSR count). The van der Waals surface area contributed by atoms with Gasteiger partial charge in [-0.15, -0.1) is 0 Å². The van der Waals surface area contributed by atoms with E-state index in [4.69, 9.17) is 0 Å². The fourth-order valence-corrected chi connectivity index (χ4v) is 3.94. The van der Waals surface area contributed by atoms with E-state index in [0.29, 0.717) is 0 Å². The number of amides is 2. The molecule has 22 heavy (non-hydrogen) atoms. The Bertz CT molecular complexity index is 660. The van der Waals surface area contributed by atoms with Crippen LogP contribution >= 0.6 is 0 Å². The molecular weight excluding hydrogens is 306 g/mol. The molecule has 7 nitrogen and oxygen atoms in total. The van der Waals surface area contributed by atoms with Crippen LogP contribution in [0.2, 0.25) is 0 Å². The Hall–Kier alpha value is -1.93. The molecule has 0 spiro atoms. The normalized spacial score (nSPS) is 19.7. The van der Waals surface area contributed by atoms with Gasteiger partial charge in [0.15, 0.2) is 0 Å². The third-order valence-corrected chi connectivity index (χ3v) is 5.56. The molecular formula is C14H19N3O4S. The van der Waals surface area contributed by atoms with Gasteiger partial charge in [-0.3, -0.25) is 9.59 Å². The third kappa shape index (κ3) is 3.12. The molecule has 1 atom stereocenters. The lowest BCUT2D eigenvalue weighted by Crippen LogP contribution is -2.60. The van der Waals surface area contributed by atoms with Crippen molar-refractivity contribution in [2.24, 2.45) is 0 Å². The van der Waals surface area contributed by atoms with Crippen LogP contribution in [0, 0.1) is 0 Å². The SMILES string of the molecule is CNC(=O)C1CN(S(=O)(=O)c2ccccc2)CCN1C(C)=O. The minimum absolute atomic E-state index is 0.0452. The highest BCUT2D eigenvalue weighted by atomic mass is 32.2. The van der Waals surface area contributed by atoms with Crippen LogP contribution in [0.25, 0.3) is 0 Å². The molecule has 0 saturated carbocycles. The van der Waals surface area contributed by atoms with Gasteiger partial charge in [0.05, 0.1) is 4.90 Å². The van der Waals surface area contributed by atoms with E-state index < -0.39 is 16.1 Å². The van der Waals surface area contributed by atoms with Crippen molar-refractivity contribution in [3.63, 3.8) is 0 Å². The second kappa shape index (κ2) is 6.45. The van der Waals surface area contributed by atoms with Gasteiger partial charge in [-0.2, -0.15) is 4.31 Å². The molecule has 0 bridgehead atoms. The Kier molecular flexibility index (Phi) is 4.82. The van der Waals surface area contributed by atoms with Crippen molar-refractivity contribution in [3.8, 4) is 0 Å². The van der Waals surface area contributed by atoms with Crippen LogP contribution in [-0.2, 0) is 19.6 Å². The van der Waals surface area contributed by atoms with Crippen LogP contribution in [0.15, 0.2) is 35.2 Å². The molecule has 1 heterocycles. The predicted molar refractivity (Wildman–Crippen MR) is 80.4 cm³/mol. The van der Waals surface area contributed by atoms with Crippen LogP contribution in [0.5, 0.6) is 0 Å². The average molecular weight is 325 g/mol. The van der Waals surface area contributed by atoms with Gasteiger partial charge in [0.25, 0.3) is 0 Å². The second-order valence-corrected chi connectivity index (χ2v) is 6.96. The van der Waals surface area contributed by atoms with E-state index in [9.17, 15) is 18.0 Å². The topological polar surface area (TPSA) is 86.8 Å². The molecule has 1 fully saturated rings. The molecule has 1 N–H and O–H groups in total. The smallest absolute Gasteiger partial charge is 0.243 e. The molecule has 1 aliphatic rings. The lowest BCUT2D eigenvalue weighted by Gasteiger charge is -2.39. The molecule has 1 unspecified atom stereocenters. The number of hydrogen-bond acceptors (Lipinski definition) is 4. The number of carbonyl (C=O) groups is 2. The van der Waals surface area contributed by atoms with E-state index in [1.54, 1.807) is 18.2 Å². The van der Waals surface area contributed by atoms with Crippen molar-refractivity contribution in [1.82, 2.24) is 14.5 Å². The summed E-state index contributed by atoms with van der Waals surface area (Å²) in [6, 6.07) is 7.25. The van der Waals surface area contributed by atoms with Crippen molar-refractivity contribution >= 4 is 21.8 Å². The van der Waals surface area contributed by atoms with Crippen molar-refractivity contribution in [3.05, 3.63) is 30.3 Å². The Balaban J connectivity index is 2.28. The summed E-state index contributed by atoms with van der Waals surface area (Å²) in [4.78, 5) is 25.2. The summed E-state index contributed by atoms with van der Waals surface area (Å²) < 4.78 is 26.5. The zero-order valence-electron chi connectivity index (χ0n) is 12.5. The van der Waals surface area contributed by atoms with Crippen molar-refractivity contribution in [2.75, 3.05) is 26.7 Å². The van der Waals surface area contributed by atoms with E-state index in [1.807, 2.05) is 0 Å². The number of hydrogen-bond donors (Lipinski definition) is 1. The third-order valence-electron chi connectivity index (χ3n) is 3.68. The van der Waals surface area contributed by atoms with Crippen molar-refractivity contribution in [1.29, 1.82) is 0 Å². The maximum absolute atomic E-state index is 12.6. The highest BCUT2D eigenvalue weighted by Crippen LogP contribution is 2.20. The van der Waals surface area contributed by atoms with Crippen LogP contribution in [-0.4, -0.2) is 62.2 Å². The largest absolute Gasteiger partial charge is 0.357 e. The number of nitrogens with one attached hydrogen (secondary N) is 1. The van der Waals surface area contributed by atoms with Gasteiger partial charge in [-0.25, -0.2) is 8.42 Å². The van der Waals surface area contributed by atoms with Crippen LogP contribution in [0.3, 0.4) is 0 Å². The Morgan fingerprint density at radius 3 is 2.36 bits per heavy atom. The van der Waals surface area contributed by atoms with Crippen LogP contribution in [0.1, 0.15) is 6.92 Å². The van der Waals surface area contributed by atoms with Gasteiger partial charge in [0.2, 0.25) is 21.8 Å². The number of nitrogens with zero attached hydrogens (tertiary/aromatic N) is 2. The highest BCUT2D eigenvalue weighted by Gasteiger charge is 2.38. The lowest BCUT2D eigenvalue weighted by atomic mass is 10.2. The van der Waals surface area contributed by atoms with Gasteiger partial charge < -0.3 is 10.2 Å². The number of benzene rings is 1. The summed E-state index contributed by atoms with van der Waals surface area (Å²) in [6.07, 6.45) is 0. The fourth-order valence-electron chi connectivity index (χ4n) is 2.49. The first-order valence-electron chi connectivity index (χ1n) is 6.92. The van der Waals surface area contributed by atoms with E-state index >= 15 is 0 Å². The van der Waals surface area contributed by atoms with Crippen molar-refractivity contribution in [2.45, 2.75) is 17.9 Å². The van der Waals surface area contributed by atoms with Gasteiger partial charge in [-0.05, 0) is 12.1 Å². The Labute approximate surface area is 129 Å². The first-order chi connectivity index (χ1) is 10.4. The molecule has 2 amide bonds. The predicted octanol–water partition coefficient (Wildman–Crippen LogP) is -0.346. The summed E-state index contributed by atoms with van der Waals surface area (Å²) in [7, 11) is -2.21. The molecule has 120 valence electrons. The number of carbonyl (C=O) groups excluding carboxylic acids is 2. The minimum atomic E-state index is -3.67. The Morgan fingerprint density at radius 2 is 1.82 bits per heavy atom. The van der Waals surface area contributed by atoms with E-state index in [2.05, 4.69) is 5.32 Å². The lowest BCUT2D eigenvalue weighted by molar-refractivity contribution is -0.141. The molecule has 8 heteroatoms. The fraction of sp³-hybridized carbons (Fsp3) is 0.429. The Morgan fingerprint density at radius 1 is 1.18 bits per heavy atom. The van der Waals surface area contributed by atoms with Gasteiger partial charge >= 0.3 is 0 Å². The molecule has 0 aromatic heterocycles. The van der Waals surface area contributed by atoms with Gasteiger partial charge in [0, 0.05) is 33.6 Å². The summed E-state index contributed by atoms with van der Waals surface area (Å²) in [5.74, 6) is -0.617.